The molecule has 0 saturated heterocycles. The fourth-order valence-electron chi connectivity index (χ4n) is 0.989. The van der Waals surface area contributed by atoms with Crippen LogP contribution in [0.25, 0.3) is 0 Å². The molecule has 4 nitrogen and oxygen atoms in total. The number of ether oxygens (including phenoxy) is 1. The van der Waals surface area contributed by atoms with Crippen LogP contribution in [0.4, 0.5) is 23.2 Å². The smallest absolute Gasteiger partial charge is 0.404 e. The number of nitrogens with zero attached hydrogens (tertiary/aromatic N) is 1. The highest BCUT2D eigenvalue weighted by atomic mass is 79.9. The molecule has 1 aromatic carbocycles. The van der Waals surface area contributed by atoms with E-state index in [0.717, 1.165) is 12.1 Å². The van der Waals surface area contributed by atoms with Gasteiger partial charge in [0.2, 0.25) is 5.82 Å². The monoisotopic (exact) mass is 331 g/mol. The van der Waals surface area contributed by atoms with Gasteiger partial charge >= 0.3 is 11.9 Å². The number of alkyl halides is 4. The van der Waals surface area contributed by atoms with E-state index < -0.39 is 34.0 Å². The van der Waals surface area contributed by atoms with Gasteiger partial charge in [0, 0.05) is 12.1 Å². The van der Waals surface area contributed by atoms with E-state index in [-0.39, 0.29) is 5.75 Å². The molecule has 0 bridgehead atoms. The number of rotatable bonds is 4. The zero-order chi connectivity index (χ0) is 13.9. The van der Waals surface area contributed by atoms with Crippen LogP contribution < -0.4 is 4.74 Å². The van der Waals surface area contributed by atoms with E-state index in [0.29, 0.717) is 6.07 Å². The molecular weight excluding hydrogens is 326 g/mol. The van der Waals surface area contributed by atoms with Gasteiger partial charge in [-0.2, -0.15) is 17.6 Å². The Balaban J connectivity index is 2.70. The molecule has 1 aromatic rings. The van der Waals surface area contributed by atoms with Gasteiger partial charge < -0.3 is 4.74 Å². The third-order valence-corrected chi connectivity index (χ3v) is 2.65. The molecule has 0 aliphatic rings. The van der Waals surface area contributed by atoms with Gasteiger partial charge in [0.25, 0.3) is 0 Å². The van der Waals surface area contributed by atoms with Crippen LogP contribution in [-0.4, -0.2) is 22.5 Å². The molecule has 0 amide bonds. The number of nitro groups is 1. The highest BCUT2D eigenvalue weighted by molar-refractivity contribution is 9.09. The summed E-state index contributed by atoms with van der Waals surface area (Å²) >= 11 is 2.36. The summed E-state index contributed by atoms with van der Waals surface area (Å²) < 4.78 is 54.1. The van der Waals surface area contributed by atoms with Crippen LogP contribution in [0, 0.1) is 15.9 Å². The van der Waals surface area contributed by atoms with Gasteiger partial charge in [-0.1, -0.05) is 15.9 Å². The van der Waals surface area contributed by atoms with Gasteiger partial charge in [-0.3, -0.25) is 10.1 Å². The summed E-state index contributed by atoms with van der Waals surface area (Å²) in [5.41, 5.74) is -0.770. The van der Waals surface area contributed by atoms with E-state index in [1.54, 1.807) is 0 Å². The standard InChI is InChI=1S/C9H6BrF4NO3/c10-8(9(12,13)14)4-18-5-1-2-7(15(16)17)6(11)3-5/h1-3,8H,4H2. The van der Waals surface area contributed by atoms with Crippen molar-refractivity contribution in [1.82, 2.24) is 0 Å². The lowest BCUT2D eigenvalue weighted by molar-refractivity contribution is -0.387. The van der Waals surface area contributed by atoms with Crippen LogP contribution in [0.2, 0.25) is 0 Å². The van der Waals surface area contributed by atoms with Crippen LogP contribution in [0.1, 0.15) is 0 Å². The predicted octanol–water partition coefficient (Wildman–Crippen LogP) is 3.44. The highest BCUT2D eigenvalue weighted by Crippen LogP contribution is 2.28. The largest absolute Gasteiger partial charge is 0.492 e. The van der Waals surface area contributed by atoms with E-state index in [2.05, 4.69) is 20.7 Å². The molecule has 0 fully saturated rings. The average molecular weight is 332 g/mol. The van der Waals surface area contributed by atoms with E-state index >= 15 is 0 Å². The maximum Gasteiger partial charge on any atom is 0.404 e. The Morgan fingerprint density at radius 1 is 1.44 bits per heavy atom. The second-order valence-electron chi connectivity index (χ2n) is 3.19. The quantitative estimate of drug-likeness (QED) is 0.367. The first kappa shape index (κ1) is 14.7. The molecular formula is C9H6BrF4NO3. The third kappa shape index (κ3) is 3.83. The molecule has 0 aromatic heterocycles. The fraction of sp³-hybridized carbons (Fsp3) is 0.333. The average Bonchev–Trinajstić information content (AvgIpc) is 2.24. The molecule has 0 N–H and O–H groups in total. The Hall–Kier alpha value is -1.38. The van der Waals surface area contributed by atoms with Crippen LogP contribution in [-0.2, 0) is 0 Å². The van der Waals surface area contributed by atoms with Gasteiger partial charge in [-0.15, -0.1) is 0 Å². The van der Waals surface area contributed by atoms with Gasteiger partial charge in [-0.25, -0.2) is 0 Å². The van der Waals surface area contributed by atoms with Gasteiger partial charge in [0.1, 0.15) is 17.2 Å². The maximum absolute atomic E-state index is 13.1. The second-order valence-corrected chi connectivity index (χ2v) is 4.30. The van der Waals surface area contributed by atoms with Crippen molar-refractivity contribution >= 4 is 21.6 Å². The van der Waals surface area contributed by atoms with Gasteiger partial charge in [0.05, 0.1) is 4.92 Å². The van der Waals surface area contributed by atoms with Crippen molar-refractivity contribution in [2.24, 2.45) is 0 Å². The van der Waals surface area contributed by atoms with E-state index in [1.807, 2.05) is 0 Å². The topological polar surface area (TPSA) is 52.4 Å². The Labute approximate surface area is 107 Å². The molecule has 18 heavy (non-hydrogen) atoms. The molecule has 0 aliphatic heterocycles. The summed E-state index contributed by atoms with van der Waals surface area (Å²) in [6.07, 6.45) is -4.49. The number of nitro benzene ring substituents is 1. The number of benzene rings is 1. The molecule has 9 heteroatoms. The molecule has 1 unspecified atom stereocenters. The summed E-state index contributed by atoms with van der Waals surface area (Å²) in [5.74, 6) is -1.39. The molecule has 0 heterocycles. The lowest BCUT2D eigenvalue weighted by Gasteiger charge is -2.14. The molecule has 0 saturated carbocycles. The van der Waals surface area contributed by atoms with Gasteiger partial charge in [0.15, 0.2) is 0 Å². The number of halogens is 5. The van der Waals surface area contributed by atoms with Crippen molar-refractivity contribution < 1.29 is 27.2 Å². The third-order valence-electron chi connectivity index (χ3n) is 1.87. The summed E-state index contributed by atoms with van der Waals surface area (Å²) in [7, 11) is 0. The summed E-state index contributed by atoms with van der Waals surface area (Å²) in [4.78, 5) is 7.46. The lowest BCUT2D eigenvalue weighted by atomic mass is 10.3. The SMILES string of the molecule is O=[N+]([O-])c1ccc(OCC(Br)C(F)(F)F)cc1F. The lowest BCUT2D eigenvalue weighted by Crippen LogP contribution is -2.28. The molecule has 1 rings (SSSR count). The van der Waals surface area contributed by atoms with Crippen molar-refractivity contribution in [3.63, 3.8) is 0 Å². The first-order valence-corrected chi connectivity index (χ1v) is 5.41. The summed E-state index contributed by atoms with van der Waals surface area (Å²) in [6.45, 7) is -0.763. The Kier molecular flexibility index (Phi) is 4.49. The van der Waals surface area contributed by atoms with Crippen LogP contribution >= 0.6 is 15.9 Å². The van der Waals surface area contributed by atoms with Crippen molar-refractivity contribution in [3.8, 4) is 5.75 Å². The van der Waals surface area contributed by atoms with Crippen LogP contribution in [0.5, 0.6) is 5.75 Å². The van der Waals surface area contributed by atoms with Crippen molar-refractivity contribution in [2.75, 3.05) is 6.61 Å². The maximum atomic E-state index is 13.1. The van der Waals surface area contributed by atoms with E-state index in [1.165, 1.54) is 0 Å². The van der Waals surface area contributed by atoms with Crippen LogP contribution in [0.3, 0.4) is 0 Å². The highest BCUT2D eigenvalue weighted by Gasteiger charge is 2.38. The van der Waals surface area contributed by atoms with Crippen molar-refractivity contribution in [3.05, 3.63) is 34.1 Å². The minimum Gasteiger partial charge on any atom is -0.492 e. The molecule has 1 atom stereocenters. The summed E-state index contributed by atoms with van der Waals surface area (Å²) in [6, 6.07) is 2.51. The zero-order valence-electron chi connectivity index (χ0n) is 8.58. The number of hydrogen-bond acceptors (Lipinski definition) is 3. The minimum atomic E-state index is -4.49. The fourth-order valence-corrected chi connectivity index (χ4v) is 1.12. The zero-order valence-corrected chi connectivity index (χ0v) is 10.2. The number of hydrogen-bond donors (Lipinski definition) is 0. The van der Waals surface area contributed by atoms with Gasteiger partial charge in [-0.05, 0) is 6.07 Å². The summed E-state index contributed by atoms with van der Waals surface area (Å²) in [5, 5.41) is 10.3. The molecule has 0 spiro atoms. The predicted molar refractivity (Wildman–Crippen MR) is 57.3 cm³/mol. The van der Waals surface area contributed by atoms with E-state index in [4.69, 9.17) is 0 Å². The van der Waals surface area contributed by atoms with Crippen molar-refractivity contribution in [1.29, 1.82) is 0 Å². The Bertz CT molecular complexity index is 452. The first-order chi connectivity index (χ1) is 8.21. The Morgan fingerprint density at radius 2 is 2.06 bits per heavy atom. The molecule has 0 aliphatic carbocycles. The molecule has 0 radical (unpaired) electrons. The second kappa shape index (κ2) is 5.51. The Morgan fingerprint density at radius 3 is 2.50 bits per heavy atom. The first-order valence-electron chi connectivity index (χ1n) is 4.49. The molecule has 100 valence electrons. The normalized spacial score (nSPS) is 13.2. The van der Waals surface area contributed by atoms with E-state index in [9.17, 15) is 27.7 Å². The van der Waals surface area contributed by atoms with Crippen molar-refractivity contribution in [2.45, 2.75) is 11.0 Å². The minimum absolute atomic E-state index is 0.216. The van der Waals surface area contributed by atoms with Crippen LogP contribution in [0.15, 0.2) is 18.2 Å².